The van der Waals surface area contributed by atoms with Crippen LogP contribution in [0.2, 0.25) is 0 Å². The van der Waals surface area contributed by atoms with E-state index in [0.717, 1.165) is 25.7 Å². The number of rotatable bonds is 0. The normalized spacial score (nSPS) is 26.4. The zero-order valence-electron chi connectivity index (χ0n) is 13.2. The van der Waals surface area contributed by atoms with Crippen LogP contribution >= 0.6 is 0 Å². The van der Waals surface area contributed by atoms with Crippen LogP contribution < -0.4 is 0 Å². The first kappa shape index (κ1) is 16.0. The SMILES string of the molecule is O=C1OCCOCC2CCC(CC2)COC(=O)c2ccc1cc2. The predicted molar refractivity (Wildman–Crippen MR) is 83.3 cm³/mol. The monoisotopic (exact) mass is 318 g/mol. The summed E-state index contributed by atoms with van der Waals surface area (Å²) in [6, 6.07) is 6.38. The van der Waals surface area contributed by atoms with Gasteiger partial charge in [-0.3, -0.25) is 0 Å². The van der Waals surface area contributed by atoms with E-state index in [1.54, 1.807) is 24.3 Å². The van der Waals surface area contributed by atoms with Gasteiger partial charge in [0.05, 0.1) is 24.3 Å². The topological polar surface area (TPSA) is 61.8 Å². The Morgan fingerprint density at radius 2 is 1.22 bits per heavy atom. The van der Waals surface area contributed by atoms with Gasteiger partial charge in [0.1, 0.15) is 6.61 Å². The Hall–Kier alpha value is -1.88. The summed E-state index contributed by atoms with van der Waals surface area (Å²) < 4.78 is 16.2. The van der Waals surface area contributed by atoms with Crippen LogP contribution in [0.4, 0.5) is 0 Å². The van der Waals surface area contributed by atoms with Crippen LogP contribution in [0.15, 0.2) is 24.3 Å². The van der Waals surface area contributed by atoms with Gasteiger partial charge in [0, 0.05) is 6.61 Å². The summed E-state index contributed by atoms with van der Waals surface area (Å²) in [5.41, 5.74) is 0.883. The summed E-state index contributed by atoms with van der Waals surface area (Å²) in [6.07, 6.45) is 4.32. The van der Waals surface area contributed by atoms with Crippen LogP contribution in [-0.4, -0.2) is 38.4 Å². The minimum Gasteiger partial charge on any atom is -0.462 e. The summed E-state index contributed by atoms with van der Waals surface area (Å²) in [5.74, 6) is 0.255. The highest BCUT2D eigenvalue weighted by Gasteiger charge is 2.23. The molecular formula is C18H22O5. The van der Waals surface area contributed by atoms with Crippen molar-refractivity contribution >= 4 is 11.9 Å². The smallest absolute Gasteiger partial charge is 0.338 e. The standard InChI is InChI=1S/C18H22O5/c19-17-15-5-7-16(8-6-15)18(20)23-12-14-3-1-13(2-4-14)11-21-9-10-22-17/h5-8,13-14H,1-4,9-12H2. The van der Waals surface area contributed by atoms with Crippen molar-refractivity contribution in [1.82, 2.24) is 0 Å². The molecule has 5 nitrogen and oxygen atoms in total. The first-order valence-corrected chi connectivity index (χ1v) is 8.24. The fraction of sp³-hybridized carbons (Fsp3) is 0.556. The lowest BCUT2D eigenvalue weighted by atomic mass is 9.83. The molecule has 1 saturated carbocycles. The van der Waals surface area contributed by atoms with Gasteiger partial charge in [-0.25, -0.2) is 9.59 Å². The maximum Gasteiger partial charge on any atom is 0.338 e. The van der Waals surface area contributed by atoms with E-state index in [2.05, 4.69) is 0 Å². The average molecular weight is 318 g/mol. The Balaban J connectivity index is 1.69. The zero-order chi connectivity index (χ0) is 16.1. The molecule has 5 aliphatic rings. The van der Waals surface area contributed by atoms with Gasteiger partial charge in [-0.05, 0) is 61.8 Å². The molecule has 0 spiro atoms. The molecule has 0 saturated heterocycles. The average Bonchev–Trinajstić information content (AvgIpc) is 2.60. The van der Waals surface area contributed by atoms with Crippen molar-refractivity contribution in [3.8, 4) is 0 Å². The van der Waals surface area contributed by atoms with Gasteiger partial charge < -0.3 is 14.2 Å². The van der Waals surface area contributed by atoms with Crippen molar-refractivity contribution in [2.75, 3.05) is 26.4 Å². The highest BCUT2D eigenvalue weighted by Crippen LogP contribution is 2.29. The third-order valence-electron chi connectivity index (χ3n) is 4.59. The van der Waals surface area contributed by atoms with E-state index in [0.29, 0.717) is 42.8 Å². The van der Waals surface area contributed by atoms with Crippen molar-refractivity contribution in [1.29, 1.82) is 0 Å². The number of esters is 2. The first-order valence-electron chi connectivity index (χ1n) is 8.24. The number of hydrogen-bond donors (Lipinski definition) is 0. The highest BCUT2D eigenvalue weighted by atomic mass is 16.6. The van der Waals surface area contributed by atoms with Crippen molar-refractivity contribution in [3.63, 3.8) is 0 Å². The van der Waals surface area contributed by atoms with Crippen LogP contribution in [0.1, 0.15) is 46.4 Å². The van der Waals surface area contributed by atoms with E-state index in [1.165, 1.54) is 0 Å². The van der Waals surface area contributed by atoms with Gasteiger partial charge in [-0.1, -0.05) is 0 Å². The van der Waals surface area contributed by atoms with Crippen molar-refractivity contribution in [2.45, 2.75) is 25.7 Å². The summed E-state index contributed by atoms with van der Waals surface area (Å²) in [5, 5.41) is 0. The number of carbonyl (C=O) groups is 2. The third-order valence-corrected chi connectivity index (χ3v) is 4.59. The van der Waals surface area contributed by atoms with E-state index in [1.807, 2.05) is 0 Å². The lowest BCUT2D eigenvalue weighted by Gasteiger charge is -2.28. The number of hydrogen-bond acceptors (Lipinski definition) is 5. The number of ether oxygens (including phenoxy) is 3. The lowest BCUT2D eigenvalue weighted by Crippen LogP contribution is -2.23. The van der Waals surface area contributed by atoms with Gasteiger partial charge >= 0.3 is 11.9 Å². The molecule has 0 amide bonds. The third kappa shape index (κ3) is 4.32. The Labute approximate surface area is 135 Å². The minimum absolute atomic E-state index is 0.248. The zero-order valence-corrected chi connectivity index (χ0v) is 13.2. The fourth-order valence-corrected chi connectivity index (χ4v) is 3.11. The fourth-order valence-electron chi connectivity index (χ4n) is 3.11. The van der Waals surface area contributed by atoms with E-state index < -0.39 is 5.97 Å². The molecule has 1 aliphatic carbocycles. The van der Waals surface area contributed by atoms with E-state index in [9.17, 15) is 9.59 Å². The second kappa shape index (κ2) is 7.59. The van der Waals surface area contributed by atoms with E-state index >= 15 is 0 Å². The van der Waals surface area contributed by atoms with Crippen molar-refractivity contribution in [2.24, 2.45) is 11.8 Å². The Bertz CT molecular complexity index is 540. The number of benzene rings is 1. The van der Waals surface area contributed by atoms with E-state index in [4.69, 9.17) is 14.2 Å². The van der Waals surface area contributed by atoms with E-state index in [-0.39, 0.29) is 12.6 Å². The molecule has 124 valence electrons. The highest BCUT2D eigenvalue weighted by molar-refractivity contribution is 5.93. The summed E-state index contributed by atoms with van der Waals surface area (Å²) in [4.78, 5) is 23.9. The molecular weight excluding hydrogens is 296 g/mol. The maximum atomic E-state index is 12.1. The molecule has 1 aromatic rings. The van der Waals surface area contributed by atoms with Gasteiger partial charge in [0.15, 0.2) is 0 Å². The van der Waals surface area contributed by atoms with Crippen LogP contribution in [-0.2, 0) is 14.2 Å². The largest absolute Gasteiger partial charge is 0.462 e. The van der Waals surface area contributed by atoms with Gasteiger partial charge in [-0.2, -0.15) is 0 Å². The molecule has 4 bridgehead atoms. The lowest BCUT2D eigenvalue weighted by molar-refractivity contribution is 0.0177. The molecule has 6 rings (SSSR count). The second-order valence-electron chi connectivity index (χ2n) is 6.27. The summed E-state index contributed by atoms with van der Waals surface area (Å²) in [6.45, 7) is 1.85. The first-order chi connectivity index (χ1) is 11.2. The molecule has 23 heavy (non-hydrogen) atoms. The molecule has 0 radical (unpaired) electrons. The minimum atomic E-state index is -0.404. The molecule has 0 N–H and O–H groups in total. The maximum absolute atomic E-state index is 12.1. The second-order valence-corrected chi connectivity index (χ2v) is 6.27. The van der Waals surface area contributed by atoms with Gasteiger partial charge in [0.2, 0.25) is 0 Å². The predicted octanol–water partition coefficient (Wildman–Crippen LogP) is 2.84. The van der Waals surface area contributed by atoms with Crippen LogP contribution in [0, 0.1) is 11.8 Å². The van der Waals surface area contributed by atoms with Crippen molar-refractivity contribution in [3.05, 3.63) is 35.4 Å². The van der Waals surface area contributed by atoms with Crippen LogP contribution in [0.5, 0.6) is 0 Å². The Morgan fingerprint density at radius 1 is 0.696 bits per heavy atom. The van der Waals surface area contributed by atoms with Crippen LogP contribution in [0.3, 0.4) is 0 Å². The quantitative estimate of drug-likeness (QED) is 0.688. The molecule has 0 atom stereocenters. The summed E-state index contributed by atoms with van der Waals surface area (Å²) >= 11 is 0. The molecule has 4 heterocycles. The molecule has 1 aromatic carbocycles. The molecule has 5 heteroatoms. The Morgan fingerprint density at radius 3 is 1.83 bits per heavy atom. The van der Waals surface area contributed by atoms with Gasteiger partial charge in [-0.15, -0.1) is 0 Å². The summed E-state index contributed by atoms with van der Waals surface area (Å²) in [7, 11) is 0. The molecule has 4 aliphatic heterocycles. The molecule has 0 aromatic heterocycles. The van der Waals surface area contributed by atoms with Crippen LogP contribution in [0.25, 0.3) is 0 Å². The van der Waals surface area contributed by atoms with Gasteiger partial charge in [0.25, 0.3) is 0 Å². The molecule has 1 fully saturated rings. The van der Waals surface area contributed by atoms with Crippen molar-refractivity contribution < 1.29 is 23.8 Å². The number of carbonyl (C=O) groups excluding carboxylic acids is 2. The molecule has 0 unspecified atom stereocenters. The Kier molecular flexibility index (Phi) is 5.28.